The molecule has 16 heavy (non-hydrogen) atoms. The molecule has 5 heteroatoms. The van der Waals surface area contributed by atoms with Gasteiger partial charge in [-0.1, -0.05) is 0 Å². The van der Waals surface area contributed by atoms with Crippen molar-refractivity contribution < 1.29 is 14.3 Å². The summed E-state index contributed by atoms with van der Waals surface area (Å²) in [6.07, 6.45) is 4.52. The zero-order chi connectivity index (χ0) is 11.5. The van der Waals surface area contributed by atoms with Crippen molar-refractivity contribution >= 4 is 5.97 Å². The van der Waals surface area contributed by atoms with Crippen LogP contribution in [-0.2, 0) is 6.54 Å². The molecule has 0 atom stereocenters. The standard InChI is InChI=1S/C11H9NO4/c13-10-5-9(11(14)15)1-3-12(10)6-8-2-4-16-7-8/h1-5,7H,6H2,(H,14,15). The van der Waals surface area contributed by atoms with Crippen molar-refractivity contribution in [2.75, 3.05) is 0 Å². The third kappa shape index (κ3) is 2.03. The Morgan fingerprint density at radius 2 is 2.25 bits per heavy atom. The maximum absolute atomic E-state index is 11.5. The number of carboxylic acids is 1. The van der Waals surface area contributed by atoms with E-state index in [4.69, 9.17) is 9.52 Å². The number of furan rings is 1. The molecule has 2 rings (SSSR count). The molecular formula is C11H9NO4. The van der Waals surface area contributed by atoms with E-state index in [1.807, 2.05) is 0 Å². The zero-order valence-corrected chi connectivity index (χ0v) is 8.29. The largest absolute Gasteiger partial charge is 0.478 e. The van der Waals surface area contributed by atoms with E-state index in [0.29, 0.717) is 6.54 Å². The maximum atomic E-state index is 11.5. The summed E-state index contributed by atoms with van der Waals surface area (Å²) < 4.78 is 6.29. The van der Waals surface area contributed by atoms with Crippen LogP contribution in [0.1, 0.15) is 15.9 Å². The van der Waals surface area contributed by atoms with Crippen molar-refractivity contribution in [3.8, 4) is 0 Å². The lowest BCUT2D eigenvalue weighted by Gasteiger charge is -2.03. The molecule has 82 valence electrons. The quantitative estimate of drug-likeness (QED) is 0.841. The molecule has 0 bridgehead atoms. The van der Waals surface area contributed by atoms with Gasteiger partial charge in [-0.3, -0.25) is 4.79 Å². The Balaban J connectivity index is 2.30. The van der Waals surface area contributed by atoms with Crippen LogP contribution in [0.5, 0.6) is 0 Å². The van der Waals surface area contributed by atoms with Crippen LogP contribution < -0.4 is 5.56 Å². The number of nitrogens with zero attached hydrogens (tertiary/aromatic N) is 1. The highest BCUT2D eigenvalue weighted by Gasteiger charge is 2.05. The summed E-state index contributed by atoms with van der Waals surface area (Å²) in [5.41, 5.74) is 0.500. The van der Waals surface area contributed by atoms with E-state index in [2.05, 4.69) is 0 Å². The summed E-state index contributed by atoms with van der Waals surface area (Å²) in [6, 6.07) is 4.24. The third-order valence-electron chi connectivity index (χ3n) is 2.18. The minimum Gasteiger partial charge on any atom is -0.478 e. The molecule has 0 aliphatic heterocycles. The molecular weight excluding hydrogens is 210 g/mol. The molecule has 0 aromatic carbocycles. The van der Waals surface area contributed by atoms with Crippen LogP contribution in [0, 0.1) is 0 Å². The number of pyridine rings is 1. The maximum Gasteiger partial charge on any atom is 0.335 e. The van der Waals surface area contributed by atoms with Crippen LogP contribution in [0.4, 0.5) is 0 Å². The molecule has 0 unspecified atom stereocenters. The monoisotopic (exact) mass is 219 g/mol. The first-order valence-electron chi connectivity index (χ1n) is 4.61. The van der Waals surface area contributed by atoms with Gasteiger partial charge in [0.15, 0.2) is 0 Å². The van der Waals surface area contributed by atoms with Gasteiger partial charge in [-0.25, -0.2) is 4.79 Å². The van der Waals surface area contributed by atoms with Crippen LogP contribution >= 0.6 is 0 Å². The number of hydrogen-bond donors (Lipinski definition) is 1. The molecule has 0 amide bonds. The summed E-state index contributed by atoms with van der Waals surface area (Å²) >= 11 is 0. The second kappa shape index (κ2) is 4.06. The number of rotatable bonds is 3. The first kappa shape index (κ1) is 10.2. The van der Waals surface area contributed by atoms with Crippen molar-refractivity contribution in [2.24, 2.45) is 0 Å². The lowest BCUT2D eigenvalue weighted by Crippen LogP contribution is -2.20. The molecule has 0 spiro atoms. The van der Waals surface area contributed by atoms with Crippen molar-refractivity contribution in [3.63, 3.8) is 0 Å². The summed E-state index contributed by atoms with van der Waals surface area (Å²) in [5, 5.41) is 8.69. The summed E-state index contributed by atoms with van der Waals surface area (Å²) in [7, 11) is 0. The minimum atomic E-state index is -1.10. The highest BCUT2D eigenvalue weighted by atomic mass is 16.4. The average Bonchev–Trinajstić information content (AvgIpc) is 2.73. The topological polar surface area (TPSA) is 72.4 Å². The normalized spacial score (nSPS) is 10.2. The van der Waals surface area contributed by atoms with Crippen molar-refractivity contribution in [1.29, 1.82) is 0 Å². The minimum absolute atomic E-state index is 0.00607. The van der Waals surface area contributed by atoms with Gasteiger partial charge in [0, 0.05) is 17.8 Å². The molecule has 0 fully saturated rings. The van der Waals surface area contributed by atoms with E-state index in [1.54, 1.807) is 6.07 Å². The van der Waals surface area contributed by atoms with Crippen LogP contribution in [0.15, 0.2) is 46.1 Å². The highest BCUT2D eigenvalue weighted by Crippen LogP contribution is 2.02. The highest BCUT2D eigenvalue weighted by molar-refractivity contribution is 5.87. The molecule has 2 aromatic rings. The molecule has 1 N–H and O–H groups in total. The van der Waals surface area contributed by atoms with E-state index < -0.39 is 5.97 Å². The molecule has 2 heterocycles. The number of aromatic carboxylic acids is 1. The summed E-state index contributed by atoms with van der Waals surface area (Å²) in [6.45, 7) is 0.370. The predicted octanol–water partition coefficient (Wildman–Crippen LogP) is 1.19. The van der Waals surface area contributed by atoms with Crippen molar-refractivity contribution in [3.05, 3.63) is 58.4 Å². The second-order valence-corrected chi connectivity index (χ2v) is 3.32. The Morgan fingerprint density at radius 1 is 1.44 bits per heavy atom. The van der Waals surface area contributed by atoms with Gasteiger partial charge in [0.1, 0.15) is 0 Å². The van der Waals surface area contributed by atoms with Gasteiger partial charge >= 0.3 is 5.97 Å². The Hall–Kier alpha value is -2.30. The summed E-state index contributed by atoms with van der Waals surface area (Å²) in [5.74, 6) is -1.10. The lowest BCUT2D eigenvalue weighted by atomic mass is 10.2. The zero-order valence-electron chi connectivity index (χ0n) is 8.29. The molecule has 0 radical (unpaired) electrons. The number of hydrogen-bond acceptors (Lipinski definition) is 3. The van der Waals surface area contributed by atoms with Crippen LogP contribution in [0.3, 0.4) is 0 Å². The van der Waals surface area contributed by atoms with Crippen LogP contribution in [0.25, 0.3) is 0 Å². The summed E-state index contributed by atoms with van der Waals surface area (Å²) in [4.78, 5) is 22.2. The van der Waals surface area contributed by atoms with Crippen LogP contribution in [-0.4, -0.2) is 15.6 Å². The second-order valence-electron chi connectivity index (χ2n) is 3.32. The number of carboxylic acid groups (broad SMARTS) is 1. The molecule has 0 aliphatic carbocycles. The van der Waals surface area contributed by atoms with Gasteiger partial charge in [0.25, 0.3) is 5.56 Å². The predicted molar refractivity (Wildman–Crippen MR) is 55.5 cm³/mol. The lowest BCUT2D eigenvalue weighted by molar-refractivity contribution is 0.0696. The first-order chi connectivity index (χ1) is 7.66. The van der Waals surface area contributed by atoms with E-state index in [-0.39, 0.29) is 11.1 Å². The average molecular weight is 219 g/mol. The Morgan fingerprint density at radius 3 is 2.81 bits per heavy atom. The van der Waals surface area contributed by atoms with E-state index in [0.717, 1.165) is 11.6 Å². The SMILES string of the molecule is O=C(O)c1ccn(Cc2ccoc2)c(=O)c1. The molecule has 0 saturated heterocycles. The molecule has 0 aliphatic rings. The van der Waals surface area contributed by atoms with Gasteiger partial charge in [-0.05, 0) is 12.1 Å². The van der Waals surface area contributed by atoms with Gasteiger partial charge in [0.2, 0.25) is 0 Å². The van der Waals surface area contributed by atoms with Crippen molar-refractivity contribution in [1.82, 2.24) is 4.57 Å². The fourth-order valence-electron chi connectivity index (χ4n) is 1.35. The molecule has 0 saturated carbocycles. The Kier molecular flexibility index (Phi) is 2.59. The third-order valence-corrected chi connectivity index (χ3v) is 2.18. The van der Waals surface area contributed by atoms with Crippen LogP contribution in [0.2, 0.25) is 0 Å². The number of aromatic nitrogens is 1. The van der Waals surface area contributed by atoms with E-state index in [1.165, 1.54) is 29.4 Å². The Labute approximate surface area is 90.6 Å². The fraction of sp³-hybridized carbons (Fsp3) is 0.0909. The van der Waals surface area contributed by atoms with Gasteiger partial charge in [-0.2, -0.15) is 0 Å². The van der Waals surface area contributed by atoms with Gasteiger partial charge < -0.3 is 14.1 Å². The van der Waals surface area contributed by atoms with E-state index >= 15 is 0 Å². The smallest absolute Gasteiger partial charge is 0.335 e. The fourth-order valence-corrected chi connectivity index (χ4v) is 1.35. The molecule has 2 aromatic heterocycles. The first-order valence-corrected chi connectivity index (χ1v) is 4.61. The Bertz CT molecular complexity index is 554. The van der Waals surface area contributed by atoms with Gasteiger partial charge in [-0.15, -0.1) is 0 Å². The van der Waals surface area contributed by atoms with E-state index in [9.17, 15) is 9.59 Å². The van der Waals surface area contributed by atoms with Crippen molar-refractivity contribution in [2.45, 2.75) is 6.54 Å². The van der Waals surface area contributed by atoms with Gasteiger partial charge in [0.05, 0.1) is 24.6 Å². The molecule has 5 nitrogen and oxygen atoms in total. The number of carbonyl (C=O) groups is 1.